The van der Waals surface area contributed by atoms with Gasteiger partial charge in [0, 0.05) is 19.6 Å². The molecule has 0 radical (unpaired) electrons. The smallest absolute Gasteiger partial charge is 0.319 e. The highest BCUT2D eigenvalue weighted by molar-refractivity contribution is 6.04. The molecule has 1 atom stereocenters. The van der Waals surface area contributed by atoms with E-state index in [2.05, 4.69) is 29.7 Å². The molecule has 1 saturated heterocycles. The number of aryl methyl sites for hydroxylation is 1. The van der Waals surface area contributed by atoms with Crippen molar-refractivity contribution in [1.29, 1.82) is 0 Å². The van der Waals surface area contributed by atoms with Gasteiger partial charge in [0.15, 0.2) is 0 Å². The minimum absolute atomic E-state index is 0.0100. The zero-order valence-corrected chi connectivity index (χ0v) is 16.0. The zero-order chi connectivity index (χ0) is 19.2. The van der Waals surface area contributed by atoms with Gasteiger partial charge in [0.2, 0.25) is 0 Å². The molecule has 0 aromatic heterocycles. The van der Waals surface area contributed by atoms with Gasteiger partial charge < -0.3 is 15.5 Å². The second kappa shape index (κ2) is 8.71. The lowest BCUT2D eigenvalue weighted by Crippen LogP contribution is -2.34. The van der Waals surface area contributed by atoms with Crippen LogP contribution < -0.4 is 10.6 Å². The predicted molar refractivity (Wildman–Crippen MR) is 108 cm³/mol. The molecule has 1 fully saturated rings. The predicted octanol–water partition coefficient (Wildman–Crippen LogP) is 4.16. The Bertz CT molecular complexity index is 798. The van der Waals surface area contributed by atoms with Crippen molar-refractivity contribution in [1.82, 2.24) is 10.2 Å². The van der Waals surface area contributed by atoms with E-state index in [0.717, 1.165) is 31.5 Å². The first-order chi connectivity index (χ1) is 13.1. The highest BCUT2D eigenvalue weighted by Crippen LogP contribution is 2.24. The summed E-state index contributed by atoms with van der Waals surface area (Å²) in [7, 11) is 0. The number of para-hydroxylation sites is 1. The van der Waals surface area contributed by atoms with Crippen LogP contribution in [-0.4, -0.2) is 36.5 Å². The molecule has 2 aromatic rings. The number of nitrogens with zero attached hydrogens (tertiary/aromatic N) is 1. The van der Waals surface area contributed by atoms with E-state index in [1.165, 1.54) is 5.56 Å². The number of amides is 3. The van der Waals surface area contributed by atoms with Gasteiger partial charge in [0.05, 0.1) is 11.3 Å². The number of nitrogens with one attached hydrogen (secondary N) is 2. The number of benzene rings is 2. The molecule has 2 N–H and O–H groups in total. The Hall–Kier alpha value is -2.82. The number of hydrogen-bond donors (Lipinski definition) is 2. The molecule has 1 unspecified atom stereocenters. The summed E-state index contributed by atoms with van der Waals surface area (Å²) in [6.45, 7) is 6.08. The Labute approximate surface area is 160 Å². The number of carbonyl (C=O) groups is 2. The molecule has 5 heteroatoms. The van der Waals surface area contributed by atoms with E-state index in [1.54, 1.807) is 6.07 Å². The van der Waals surface area contributed by atoms with Gasteiger partial charge in [-0.15, -0.1) is 0 Å². The van der Waals surface area contributed by atoms with Gasteiger partial charge in [-0.2, -0.15) is 0 Å². The van der Waals surface area contributed by atoms with Gasteiger partial charge in [-0.1, -0.05) is 49.4 Å². The molecule has 2 aromatic carbocycles. The van der Waals surface area contributed by atoms with E-state index in [9.17, 15) is 9.59 Å². The molecular weight excluding hydrogens is 338 g/mol. The summed E-state index contributed by atoms with van der Waals surface area (Å²) >= 11 is 0. The zero-order valence-electron chi connectivity index (χ0n) is 16.0. The maximum atomic E-state index is 12.8. The summed E-state index contributed by atoms with van der Waals surface area (Å²) in [5, 5.41) is 5.81. The lowest BCUT2D eigenvalue weighted by atomic mass is 10.0. The maximum absolute atomic E-state index is 12.8. The summed E-state index contributed by atoms with van der Waals surface area (Å²) in [4.78, 5) is 27.1. The molecule has 0 aliphatic carbocycles. The van der Waals surface area contributed by atoms with E-state index >= 15 is 0 Å². The number of rotatable bonds is 5. The molecule has 3 rings (SSSR count). The van der Waals surface area contributed by atoms with Crippen LogP contribution in [0.4, 0.5) is 10.5 Å². The van der Waals surface area contributed by atoms with Crippen molar-refractivity contribution < 1.29 is 9.59 Å². The maximum Gasteiger partial charge on any atom is 0.319 e. The third-order valence-electron chi connectivity index (χ3n) is 5.07. The molecule has 0 spiro atoms. The fourth-order valence-corrected chi connectivity index (χ4v) is 3.41. The summed E-state index contributed by atoms with van der Waals surface area (Å²) in [6.07, 6.45) is 2.08. The molecular formula is C22H27N3O2. The summed E-state index contributed by atoms with van der Waals surface area (Å²) in [5.74, 6) is 0.198. The fourth-order valence-electron chi connectivity index (χ4n) is 3.41. The van der Waals surface area contributed by atoms with Crippen LogP contribution in [0.1, 0.15) is 47.2 Å². The molecule has 142 valence electrons. The van der Waals surface area contributed by atoms with Crippen molar-refractivity contribution in [2.24, 2.45) is 0 Å². The fraction of sp³-hybridized carbons (Fsp3) is 0.364. The number of likely N-dealkylation sites (tertiary alicyclic amines) is 1. The van der Waals surface area contributed by atoms with Gasteiger partial charge in [-0.05, 0) is 42.9 Å². The SMILES string of the molecule is Cc1cccc(C(=O)N2CCCC2)c1NC(=O)NCC(C)c1ccccc1. The van der Waals surface area contributed by atoms with Crippen LogP contribution in [0.5, 0.6) is 0 Å². The third-order valence-corrected chi connectivity index (χ3v) is 5.07. The molecule has 3 amide bonds. The van der Waals surface area contributed by atoms with Crippen LogP contribution >= 0.6 is 0 Å². The number of hydrogen-bond acceptors (Lipinski definition) is 2. The number of anilines is 1. The summed E-state index contributed by atoms with van der Waals surface area (Å²) in [6, 6.07) is 15.3. The molecule has 1 aliphatic rings. The van der Waals surface area contributed by atoms with Crippen LogP contribution in [0.15, 0.2) is 48.5 Å². The van der Waals surface area contributed by atoms with Crippen LogP contribution in [0.2, 0.25) is 0 Å². The van der Waals surface area contributed by atoms with Gasteiger partial charge in [-0.25, -0.2) is 4.79 Å². The summed E-state index contributed by atoms with van der Waals surface area (Å²) in [5.41, 5.74) is 3.22. The Morgan fingerprint density at radius 3 is 2.44 bits per heavy atom. The van der Waals surface area contributed by atoms with Gasteiger partial charge in [0.25, 0.3) is 5.91 Å². The molecule has 1 heterocycles. The van der Waals surface area contributed by atoms with Crippen LogP contribution in [0, 0.1) is 6.92 Å². The first-order valence-electron chi connectivity index (χ1n) is 9.55. The lowest BCUT2D eigenvalue weighted by molar-refractivity contribution is 0.0794. The van der Waals surface area contributed by atoms with E-state index in [4.69, 9.17) is 0 Å². The first kappa shape index (κ1) is 19.0. The Kier molecular flexibility index (Phi) is 6.12. The highest BCUT2D eigenvalue weighted by Gasteiger charge is 2.23. The van der Waals surface area contributed by atoms with Crippen molar-refractivity contribution in [3.63, 3.8) is 0 Å². The molecule has 5 nitrogen and oxygen atoms in total. The summed E-state index contributed by atoms with van der Waals surface area (Å²) < 4.78 is 0. The molecule has 1 aliphatic heterocycles. The quantitative estimate of drug-likeness (QED) is 0.836. The first-order valence-corrected chi connectivity index (χ1v) is 9.55. The normalized spacial score (nSPS) is 14.7. The standard InChI is InChI=1S/C22H27N3O2/c1-16-9-8-12-19(21(26)25-13-6-7-14-25)20(16)24-22(27)23-15-17(2)18-10-4-3-5-11-18/h3-5,8-12,17H,6-7,13-15H2,1-2H3,(H2,23,24,27). The van der Waals surface area contributed by atoms with E-state index in [-0.39, 0.29) is 17.9 Å². The van der Waals surface area contributed by atoms with Gasteiger partial charge >= 0.3 is 6.03 Å². The van der Waals surface area contributed by atoms with E-state index in [0.29, 0.717) is 17.8 Å². The van der Waals surface area contributed by atoms with Crippen LogP contribution in [0.3, 0.4) is 0 Å². The number of urea groups is 1. The van der Waals surface area contributed by atoms with Gasteiger partial charge in [-0.3, -0.25) is 4.79 Å². The van der Waals surface area contributed by atoms with Crippen molar-refractivity contribution >= 4 is 17.6 Å². The monoisotopic (exact) mass is 365 g/mol. The molecule has 0 bridgehead atoms. The number of carbonyl (C=O) groups excluding carboxylic acids is 2. The second-order valence-electron chi connectivity index (χ2n) is 7.14. The van der Waals surface area contributed by atoms with Crippen molar-refractivity contribution in [3.8, 4) is 0 Å². The van der Waals surface area contributed by atoms with Gasteiger partial charge in [0.1, 0.15) is 0 Å². The lowest BCUT2D eigenvalue weighted by Gasteiger charge is -2.20. The van der Waals surface area contributed by atoms with E-state index in [1.807, 2.05) is 42.2 Å². The average Bonchev–Trinajstić information content (AvgIpc) is 3.22. The third kappa shape index (κ3) is 4.67. The minimum Gasteiger partial charge on any atom is -0.339 e. The van der Waals surface area contributed by atoms with Crippen molar-refractivity contribution in [3.05, 3.63) is 65.2 Å². The minimum atomic E-state index is -0.289. The van der Waals surface area contributed by atoms with Crippen LogP contribution in [0.25, 0.3) is 0 Å². The average molecular weight is 365 g/mol. The Morgan fingerprint density at radius 1 is 1.04 bits per heavy atom. The molecule has 27 heavy (non-hydrogen) atoms. The van der Waals surface area contributed by atoms with Crippen molar-refractivity contribution in [2.75, 3.05) is 25.0 Å². The highest BCUT2D eigenvalue weighted by atomic mass is 16.2. The second-order valence-corrected chi connectivity index (χ2v) is 7.14. The van der Waals surface area contributed by atoms with Crippen molar-refractivity contribution in [2.45, 2.75) is 32.6 Å². The van der Waals surface area contributed by atoms with E-state index < -0.39 is 0 Å². The molecule has 0 saturated carbocycles. The topological polar surface area (TPSA) is 61.4 Å². The Morgan fingerprint density at radius 2 is 1.74 bits per heavy atom. The van der Waals surface area contributed by atoms with Crippen LogP contribution in [-0.2, 0) is 0 Å². The largest absolute Gasteiger partial charge is 0.339 e. The Balaban J connectivity index is 1.66.